The zero-order chi connectivity index (χ0) is 19.7. The third kappa shape index (κ3) is 1.51. The van der Waals surface area contributed by atoms with E-state index in [9.17, 15) is 30.0 Å². The smallest absolute Gasteiger partial charge is 0.245 e. The first-order chi connectivity index (χ1) is 12.5. The summed E-state index contributed by atoms with van der Waals surface area (Å²) in [5, 5.41) is 44.6. The van der Waals surface area contributed by atoms with Crippen molar-refractivity contribution in [1.82, 2.24) is 0 Å². The molecule has 2 heterocycles. The topological polar surface area (TPSA) is 124 Å². The van der Waals surface area contributed by atoms with Crippen LogP contribution in [0.2, 0.25) is 0 Å². The summed E-state index contributed by atoms with van der Waals surface area (Å²) in [6, 6.07) is 0. The first-order valence-corrected chi connectivity index (χ1v) is 9.70. The Hall–Kier alpha value is -1.12. The van der Waals surface area contributed by atoms with Gasteiger partial charge in [-0.3, -0.25) is 9.59 Å². The Balaban J connectivity index is 1.86. The van der Waals surface area contributed by atoms with Crippen molar-refractivity contribution < 1.29 is 34.8 Å². The van der Waals surface area contributed by atoms with Gasteiger partial charge in [0.05, 0.1) is 12.2 Å². The Morgan fingerprint density at radius 1 is 1.15 bits per heavy atom. The summed E-state index contributed by atoms with van der Waals surface area (Å²) in [5.41, 5.74) is -3.67. The standard InChI is InChI=1S/C20H26O7/c1-8-9-7-10(21)11-18-6-4-5-17(2,3)12(18)15(24)20(26,27-16(18)25)19(11,13(8)22)14(9)23/h9-12,14,16,21,23,25-26H,1,4-7H2,2-3H3/t9-,10-,11-,12+,14+,16+,18+,19-,20+/m0/s1. The minimum atomic E-state index is -2.67. The second-order valence-corrected chi connectivity index (χ2v) is 9.92. The average Bonchev–Trinajstić information content (AvgIpc) is 2.69. The molecule has 6 fully saturated rings. The molecule has 4 N–H and O–H groups in total. The molecule has 2 aliphatic heterocycles. The molecule has 0 unspecified atom stereocenters. The van der Waals surface area contributed by atoms with Gasteiger partial charge >= 0.3 is 0 Å². The van der Waals surface area contributed by atoms with Gasteiger partial charge in [-0.15, -0.1) is 0 Å². The molecule has 2 spiro atoms. The molecule has 7 nitrogen and oxygen atoms in total. The molecular formula is C20H26O7. The summed E-state index contributed by atoms with van der Waals surface area (Å²) in [7, 11) is 0. The van der Waals surface area contributed by atoms with E-state index in [2.05, 4.69) is 6.58 Å². The number of carbonyl (C=O) groups excluding carboxylic acids is 2. The van der Waals surface area contributed by atoms with Crippen LogP contribution in [0.25, 0.3) is 0 Å². The number of Topliss-reactive ketones (excluding diaryl/α,β-unsaturated/α-hetero) is 2. The van der Waals surface area contributed by atoms with Gasteiger partial charge in [0, 0.05) is 23.2 Å². The number of aliphatic hydroxyl groups is 4. The zero-order valence-corrected chi connectivity index (χ0v) is 15.5. The highest BCUT2D eigenvalue weighted by molar-refractivity contribution is 6.10. The number of ketones is 2. The Morgan fingerprint density at radius 3 is 2.48 bits per heavy atom. The second kappa shape index (κ2) is 4.71. The SMILES string of the molecule is C=C1C(=O)[C@]23[C@H](O)[C@H]1C[C@H](O)[C@H]2[C@]12CCCC(C)(C)[C@H]1C(=O)[C@@]3(O)O[C@H]2O. The molecule has 27 heavy (non-hydrogen) atoms. The van der Waals surface area contributed by atoms with Crippen LogP contribution in [-0.4, -0.2) is 56.3 Å². The third-order valence-corrected chi connectivity index (χ3v) is 8.56. The van der Waals surface area contributed by atoms with E-state index in [0.29, 0.717) is 12.8 Å². The molecule has 0 amide bonds. The Kier molecular flexibility index (Phi) is 3.13. The maximum atomic E-state index is 13.6. The first kappa shape index (κ1) is 17.9. The van der Waals surface area contributed by atoms with E-state index in [1.54, 1.807) is 0 Å². The number of ether oxygens (including phenoxy) is 1. The fraction of sp³-hybridized carbons (Fsp3) is 0.800. The maximum absolute atomic E-state index is 13.6. The van der Waals surface area contributed by atoms with Gasteiger partial charge < -0.3 is 25.2 Å². The molecule has 4 aliphatic carbocycles. The fourth-order valence-electron chi connectivity index (χ4n) is 7.77. The number of hydrogen-bond acceptors (Lipinski definition) is 7. The van der Waals surface area contributed by atoms with E-state index in [1.165, 1.54) is 0 Å². The lowest BCUT2D eigenvalue weighted by Crippen LogP contribution is -2.86. The monoisotopic (exact) mass is 378 g/mol. The Labute approximate surface area is 157 Å². The van der Waals surface area contributed by atoms with Crippen LogP contribution < -0.4 is 0 Å². The maximum Gasteiger partial charge on any atom is 0.245 e. The van der Waals surface area contributed by atoms with Crippen molar-refractivity contribution in [2.45, 2.75) is 63.8 Å². The van der Waals surface area contributed by atoms with Gasteiger partial charge in [0.15, 0.2) is 17.9 Å². The molecule has 6 rings (SSSR count). The molecule has 0 aromatic carbocycles. The molecule has 6 aliphatic rings. The van der Waals surface area contributed by atoms with Crippen molar-refractivity contribution in [2.24, 2.45) is 34.0 Å². The molecule has 0 aromatic heterocycles. The van der Waals surface area contributed by atoms with E-state index in [0.717, 1.165) is 6.42 Å². The van der Waals surface area contributed by atoms with Crippen LogP contribution in [0.1, 0.15) is 39.5 Å². The van der Waals surface area contributed by atoms with Crippen LogP contribution in [-0.2, 0) is 14.3 Å². The van der Waals surface area contributed by atoms with Gasteiger partial charge in [0.2, 0.25) is 5.79 Å². The number of aliphatic hydroxyl groups excluding tert-OH is 3. The van der Waals surface area contributed by atoms with Crippen LogP contribution in [0.4, 0.5) is 0 Å². The molecule has 148 valence electrons. The summed E-state index contributed by atoms with van der Waals surface area (Å²) in [6.45, 7) is 7.59. The van der Waals surface area contributed by atoms with Gasteiger partial charge in [-0.05, 0) is 30.3 Å². The average molecular weight is 378 g/mol. The van der Waals surface area contributed by atoms with Crippen molar-refractivity contribution >= 4 is 11.6 Å². The summed E-state index contributed by atoms with van der Waals surface area (Å²) in [6.07, 6.45) is -2.04. The van der Waals surface area contributed by atoms with E-state index in [4.69, 9.17) is 4.74 Å². The van der Waals surface area contributed by atoms with Gasteiger partial charge in [0.25, 0.3) is 0 Å². The van der Waals surface area contributed by atoms with E-state index in [-0.39, 0.29) is 12.0 Å². The summed E-state index contributed by atoms with van der Waals surface area (Å²) in [4.78, 5) is 26.9. The van der Waals surface area contributed by atoms with Crippen LogP contribution in [0.5, 0.6) is 0 Å². The van der Waals surface area contributed by atoms with Gasteiger partial charge in [-0.1, -0.05) is 26.8 Å². The lowest BCUT2D eigenvalue weighted by molar-refractivity contribution is -0.443. The first-order valence-electron chi connectivity index (χ1n) is 9.70. The molecule has 4 saturated carbocycles. The Bertz CT molecular complexity index is 789. The van der Waals surface area contributed by atoms with E-state index in [1.807, 2.05) is 13.8 Å². The predicted molar refractivity (Wildman–Crippen MR) is 90.8 cm³/mol. The van der Waals surface area contributed by atoms with E-state index < -0.39 is 69.9 Å². The van der Waals surface area contributed by atoms with Crippen molar-refractivity contribution in [3.63, 3.8) is 0 Å². The largest absolute Gasteiger partial charge is 0.393 e. The third-order valence-electron chi connectivity index (χ3n) is 8.56. The lowest BCUT2D eigenvalue weighted by atomic mass is 9.35. The van der Waals surface area contributed by atoms with E-state index >= 15 is 0 Å². The number of rotatable bonds is 0. The van der Waals surface area contributed by atoms with Gasteiger partial charge in [0.1, 0.15) is 5.41 Å². The van der Waals surface area contributed by atoms with Crippen LogP contribution in [0, 0.1) is 34.0 Å². The number of hydrogen-bond donors (Lipinski definition) is 4. The highest BCUT2D eigenvalue weighted by Gasteiger charge is 2.89. The molecular weight excluding hydrogens is 352 g/mol. The van der Waals surface area contributed by atoms with Crippen molar-refractivity contribution in [3.8, 4) is 0 Å². The van der Waals surface area contributed by atoms with Crippen molar-refractivity contribution in [3.05, 3.63) is 12.2 Å². The number of carbonyl (C=O) groups is 2. The fourth-order valence-corrected chi connectivity index (χ4v) is 7.77. The van der Waals surface area contributed by atoms with Crippen LogP contribution in [0.3, 0.4) is 0 Å². The van der Waals surface area contributed by atoms with Crippen LogP contribution >= 0.6 is 0 Å². The summed E-state index contributed by atoms with van der Waals surface area (Å²) >= 11 is 0. The van der Waals surface area contributed by atoms with Gasteiger partial charge in [-0.25, -0.2) is 0 Å². The van der Waals surface area contributed by atoms with Crippen LogP contribution in [0.15, 0.2) is 12.2 Å². The molecule has 4 bridgehead atoms. The quantitative estimate of drug-likeness (QED) is 0.434. The zero-order valence-electron chi connectivity index (χ0n) is 15.5. The molecule has 0 aromatic rings. The molecule has 2 saturated heterocycles. The predicted octanol–water partition coefficient (Wildman–Crippen LogP) is -0.0978. The molecule has 9 atom stereocenters. The highest BCUT2D eigenvalue weighted by atomic mass is 16.7. The summed E-state index contributed by atoms with van der Waals surface area (Å²) < 4.78 is 5.49. The van der Waals surface area contributed by atoms with Crippen molar-refractivity contribution in [1.29, 1.82) is 0 Å². The van der Waals surface area contributed by atoms with Gasteiger partial charge in [-0.2, -0.15) is 0 Å². The normalized spacial score (nSPS) is 58.2. The minimum Gasteiger partial charge on any atom is -0.393 e. The number of fused-ring (bicyclic) bond motifs is 2. The minimum absolute atomic E-state index is 0.110. The van der Waals surface area contributed by atoms with Crippen molar-refractivity contribution in [2.75, 3.05) is 0 Å². The lowest BCUT2D eigenvalue weighted by Gasteiger charge is -2.72. The second-order valence-electron chi connectivity index (χ2n) is 9.92. The Morgan fingerprint density at radius 2 is 1.81 bits per heavy atom. The highest BCUT2D eigenvalue weighted by Crippen LogP contribution is 2.76. The molecule has 0 radical (unpaired) electrons. The molecule has 7 heteroatoms. The summed E-state index contributed by atoms with van der Waals surface area (Å²) in [5.74, 6) is -6.43.